The van der Waals surface area contributed by atoms with E-state index in [9.17, 15) is 18.0 Å². The summed E-state index contributed by atoms with van der Waals surface area (Å²) in [4.78, 5) is 24.5. The van der Waals surface area contributed by atoms with Gasteiger partial charge in [-0.3, -0.25) is 4.79 Å². The fourth-order valence-electron chi connectivity index (χ4n) is 3.80. The van der Waals surface area contributed by atoms with Crippen LogP contribution in [0.25, 0.3) is 0 Å². The number of carbonyl (C=O) groups excluding carboxylic acids is 2. The number of sulfonamides is 1. The lowest BCUT2D eigenvalue weighted by molar-refractivity contribution is -0.125. The average molecular weight is 493 g/mol. The highest BCUT2D eigenvalue weighted by molar-refractivity contribution is 7.89. The highest BCUT2D eigenvalue weighted by atomic mass is 35.5. The first-order valence-corrected chi connectivity index (χ1v) is 12.4. The molecule has 172 valence electrons. The smallest absolute Gasteiger partial charge is 0.340 e. The van der Waals surface area contributed by atoms with Gasteiger partial charge in [-0.1, -0.05) is 43.0 Å². The maximum atomic E-state index is 12.9. The minimum atomic E-state index is -3.95. The third-order valence-corrected chi connectivity index (χ3v) is 8.30. The van der Waals surface area contributed by atoms with Gasteiger partial charge in [0.05, 0.1) is 28.8 Å². The van der Waals surface area contributed by atoms with Crippen LogP contribution >= 0.6 is 23.2 Å². The van der Waals surface area contributed by atoms with Gasteiger partial charge in [0.15, 0.2) is 6.61 Å². The number of hydrogen-bond donors (Lipinski definition) is 1. The number of ether oxygens (including phenoxy) is 2. The maximum absolute atomic E-state index is 12.9. The number of benzene rings is 1. The SMILES string of the molecule is C[C@H]1CCCC[C@H]1NC(=O)COC(=O)c1cc(S(=O)(=O)N2CCOCC2)c(Cl)cc1Cl. The van der Waals surface area contributed by atoms with Crippen molar-refractivity contribution in [1.82, 2.24) is 9.62 Å². The summed E-state index contributed by atoms with van der Waals surface area (Å²) in [5.74, 6) is -0.933. The molecule has 1 saturated heterocycles. The van der Waals surface area contributed by atoms with E-state index in [1.807, 2.05) is 0 Å². The van der Waals surface area contributed by atoms with Crippen molar-refractivity contribution in [3.8, 4) is 0 Å². The van der Waals surface area contributed by atoms with Crippen molar-refractivity contribution in [2.24, 2.45) is 5.92 Å². The van der Waals surface area contributed by atoms with Gasteiger partial charge in [-0.2, -0.15) is 4.31 Å². The summed E-state index contributed by atoms with van der Waals surface area (Å²) in [5.41, 5.74) is -0.170. The zero-order valence-electron chi connectivity index (χ0n) is 17.2. The minimum Gasteiger partial charge on any atom is -0.452 e. The lowest BCUT2D eigenvalue weighted by atomic mass is 9.86. The number of nitrogens with zero attached hydrogens (tertiary/aromatic N) is 1. The van der Waals surface area contributed by atoms with Gasteiger partial charge in [-0.05, 0) is 30.9 Å². The summed E-state index contributed by atoms with van der Waals surface area (Å²) in [5, 5.41) is 2.74. The number of morpholine rings is 1. The van der Waals surface area contributed by atoms with Crippen molar-refractivity contribution < 1.29 is 27.5 Å². The molecular weight excluding hydrogens is 467 g/mol. The molecule has 2 fully saturated rings. The van der Waals surface area contributed by atoms with Crippen molar-refractivity contribution in [3.63, 3.8) is 0 Å². The number of amides is 1. The van der Waals surface area contributed by atoms with Gasteiger partial charge in [0.2, 0.25) is 10.0 Å². The zero-order valence-corrected chi connectivity index (χ0v) is 19.6. The van der Waals surface area contributed by atoms with E-state index in [-0.39, 0.29) is 52.8 Å². The third kappa shape index (κ3) is 5.90. The normalized spacial score (nSPS) is 22.7. The summed E-state index contributed by atoms with van der Waals surface area (Å²) in [6.45, 7) is 2.51. The van der Waals surface area contributed by atoms with Gasteiger partial charge >= 0.3 is 5.97 Å². The molecule has 1 aliphatic carbocycles. The molecule has 0 aromatic heterocycles. The number of hydrogen-bond acceptors (Lipinski definition) is 6. The Morgan fingerprint density at radius 1 is 1.16 bits per heavy atom. The van der Waals surface area contributed by atoms with Crippen LogP contribution in [0.3, 0.4) is 0 Å². The van der Waals surface area contributed by atoms with E-state index in [2.05, 4.69) is 12.2 Å². The molecule has 1 N–H and O–H groups in total. The van der Waals surface area contributed by atoms with E-state index >= 15 is 0 Å². The van der Waals surface area contributed by atoms with E-state index in [4.69, 9.17) is 32.7 Å². The van der Waals surface area contributed by atoms with Gasteiger partial charge in [-0.25, -0.2) is 13.2 Å². The Bertz CT molecular complexity index is 934. The molecule has 0 bridgehead atoms. The number of carbonyl (C=O) groups is 2. The molecule has 31 heavy (non-hydrogen) atoms. The first-order chi connectivity index (χ1) is 14.7. The van der Waals surface area contributed by atoms with Gasteiger partial charge in [0.1, 0.15) is 4.90 Å². The minimum absolute atomic E-state index is 0.0581. The fraction of sp³-hybridized carbons (Fsp3) is 0.600. The lowest BCUT2D eigenvalue weighted by Gasteiger charge is -2.29. The van der Waals surface area contributed by atoms with E-state index in [0.717, 1.165) is 31.7 Å². The number of esters is 1. The van der Waals surface area contributed by atoms with Crippen LogP contribution in [0.1, 0.15) is 43.0 Å². The van der Waals surface area contributed by atoms with Crippen LogP contribution in [0.5, 0.6) is 0 Å². The number of nitrogens with one attached hydrogen (secondary N) is 1. The van der Waals surface area contributed by atoms with Crippen LogP contribution in [-0.4, -0.2) is 63.6 Å². The van der Waals surface area contributed by atoms with Crippen molar-refractivity contribution in [2.75, 3.05) is 32.9 Å². The van der Waals surface area contributed by atoms with Crippen LogP contribution in [-0.2, 0) is 24.3 Å². The first-order valence-electron chi connectivity index (χ1n) is 10.2. The highest BCUT2D eigenvalue weighted by Crippen LogP contribution is 2.31. The average Bonchev–Trinajstić information content (AvgIpc) is 2.74. The molecule has 0 unspecified atom stereocenters. The summed E-state index contributed by atoms with van der Waals surface area (Å²) in [7, 11) is -3.95. The fourth-order valence-corrected chi connectivity index (χ4v) is 6.03. The lowest BCUT2D eigenvalue weighted by Crippen LogP contribution is -2.42. The molecule has 2 atom stereocenters. The predicted molar refractivity (Wildman–Crippen MR) is 116 cm³/mol. The molecule has 8 nitrogen and oxygen atoms in total. The van der Waals surface area contributed by atoms with E-state index in [1.54, 1.807) is 0 Å². The van der Waals surface area contributed by atoms with Crippen LogP contribution in [0.15, 0.2) is 17.0 Å². The Balaban J connectivity index is 1.69. The van der Waals surface area contributed by atoms with Crippen molar-refractivity contribution >= 4 is 45.1 Å². The molecule has 1 aromatic carbocycles. The molecule has 11 heteroatoms. The Morgan fingerprint density at radius 2 is 1.84 bits per heavy atom. The molecule has 1 saturated carbocycles. The monoisotopic (exact) mass is 492 g/mol. The van der Waals surface area contributed by atoms with E-state index in [0.29, 0.717) is 5.92 Å². The highest BCUT2D eigenvalue weighted by Gasteiger charge is 2.30. The molecule has 0 radical (unpaired) electrons. The summed E-state index contributed by atoms with van der Waals surface area (Å²) in [6.07, 6.45) is 4.14. The Labute approximate surface area is 192 Å². The predicted octanol–water partition coefficient (Wildman–Crippen LogP) is 2.87. The van der Waals surface area contributed by atoms with Crippen molar-refractivity contribution in [3.05, 3.63) is 27.7 Å². The first kappa shape index (κ1) is 24.3. The van der Waals surface area contributed by atoms with Gasteiger partial charge in [-0.15, -0.1) is 0 Å². The van der Waals surface area contributed by atoms with Crippen LogP contribution in [0, 0.1) is 5.92 Å². The summed E-state index contributed by atoms with van der Waals surface area (Å²) < 4.78 is 37.4. The summed E-state index contributed by atoms with van der Waals surface area (Å²) in [6, 6.07) is 2.35. The molecular formula is C20H26Cl2N2O6S. The van der Waals surface area contributed by atoms with Crippen LogP contribution in [0.4, 0.5) is 0 Å². The van der Waals surface area contributed by atoms with E-state index < -0.39 is 28.5 Å². The third-order valence-electron chi connectivity index (χ3n) is 5.62. The van der Waals surface area contributed by atoms with Crippen LogP contribution < -0.4 is 5.32 Å². The maximum Gasteiger partial charge on any atom is 0.340 e. The molecule has 1 aromatic rings. The molecule has 0 spiro atoms. The van der Waals surface area contributed by atoms with Crippen molar-refractivity contribution in [1.29, 1.82) is 0 Å². The topological polar surface area (TPSA) is 102 Å². The van der Waals surface area contributed by atoms with E-state index in [1.165, 1.54) is 10.4 Å². The molecule has 3 rings (SSSR count). The Kier molecular flexibility index (Phi) is 8.20. The number of rotatable bonds is 6. The molecule has 1 aliphatic heterocycles. The molecule has 2 aliphatic rings. The largest absolute Gasteiger partial charge is 0.452 e. The Hall–Kier alpha value is -1.39. The van der Waals surface area contributed by atoms with Gasteiger partial charge in [0.25, 0.3) is 5.91 Å². The van der Waals surface area contributed by atoms with Gasteiger partial charge in [0, 0.05) is 19.1 Å². The second kappa shape index (κ2) is 10.5. The second-order valence-corrected chi connectivity index (χ2v) is 10.5. The molecule has 1 amide bonds. The van der Waals surface area contributed by atoms with Gasteiger partial charge < -0.3 is 14.8 Å². The summed E-state index contributed by atoms with van der Waals surface area (Å²) >= 11 is 12.2. The zero-order chi connectivity index (χ0) is 22.6. The van der Waals surface area contributed by atoms with Crippen LogP contribution in [0.2, 0.25) is 10.0 Å². The second-order valence-electron chi connectivity index (χ2n) is 7.79. The molecule has 1 heterocycles. The quantitative estimate of drug-likeness (QED) is 0.612. The standard InChI is InChI=1S/C20H26Cl2N2O6S/c1-13-4-2-3-5-17(13)23-19(25)12-30-20(26)14-10-18(16(22)11-15(14)21)31(27,28)24-6-8-29-9-7-24/h10-11,13,17H,2-9,12H2,1H3,(H,23,25)/t13-,17+/m0/s1. The van der Waals surface area contributed by atoms with Crippen molar-refractivity contribution in [2.45, 2.75) is 43.5 Å². The number of halogens is 2. The Morgan fingerprint density at radius 3 is 2.52 bits per heavy atom.